The third kappa shape index (κ3) is 10.1. The first-order valence-corrected chi connectivity index (χ1v) is 17.8. The normalized spacial score (nSPS) is 21.8. The number of nitrogens with one attached hydrogen (secondary N) is 1. The van der Waals surface area contributed by atoms with E-state index < -0.39 is 53.3 Å². The minimum absolute atomic E-state index is 0.0334. The van der Waals surface area contributed by atoms with Crippen LogP contribution in [0.25, 0.3) is 0 Å². The first-order valence-electron chi connectivity index (χ1n) is 16.3. The highest BCUT2D eigenvalue weighted by atomic mass is 32.2. The quantitative estimate of drug-likeness (QED) is 0.257. The van der Waals surface area contributed by atoms with E-state index in [-0.39, 0.29) is 62.5 Å². The van der Waals surface area contributed by atoms with Gasteiger partial charge in [0.2, 0.25) is 10.0 Å². The van der Waals surface area contributed by atoms with Crippen LogP contribution in [0.15, 0.2) is 47.4 Å². The lowest BCUT2D eigenvalue weighted by Gasteiger charge is -2.31. The van der Waals surface area contributed by atoms with Gasteiger partial charge in [0.1, 0.15) is 25.1 Å². The molecule has 2 saturated heterocycles. The predicted molar refractivity (Wildman–Crippen MR) is 169 cm³/mol. The number of fused-ring (bicyclic) bond motifs is 2. The predicted octanol–water partition coefficient (Wildman–Crippen LogP) is 4.29. The molecule has 3 aliphatic rings. The molecule has 5 atom stereocenters. The number of alkyl carbamates (subject to hydrolysis) is 1. The Morgan fingerprint density at radius 2 is 1.78 bits per heavy atom. The molecule has 5 rings (SSSR count). The zero-order valence-corrected chi connectivity index (χ0v) is 28.2. The molecule has 0 saturated carbocycles. The van der Waals surface area contributed by atoms with Gasteiger partial charge in [0.25, 0.3) is 0 Å². The highest BCUT2D eigenvalue weighted by Crippen LogP contribution is 2.34. The Balaban J connectivity index is 1.31. The Morgan fingerprint density at radius 3 is 2.49 bits per heavy atom. The monoisotopic (exact) mass is 716 g/mol. The van der Waals surface area contributed by atoms with Crippen LogP contribution in [0, 0.1) is 11.8 Å². The maximum absolute atomic E-state index is 13.9. The van der Waals surface area contributed by atoms with Crippen molar-refractivity contribution in [2.75, 3.05) is 46.1 Å². The third-order valence-electron chi connectivity index (χ3n) is 8.37. The molecule has 2 N–H and O–H groups in total. The summed E-state index contributed by atoms with van der Waals surface area (Å²) in [5.41, 5.74) is 0.644. The minimum Gasteiger partial charge on any atom is -0.494 e. The summed E-state index contributed by atoms with van der Waals surface area (Å²) >= 11 is 0. The Morgan fingerprint density at radius 1 is 1.04 bits per heavy atom. The summed E-state index contributed by atoms with van der Waals surface area (Å²) in [6.45, 7) is 4.59. The molecule has 16 heteroatoms. The second kappa shape index (κ2) is 16.1. The first kappa shape index (κ1) is 37.0. The SMILES string of the molecule is CC(C)CN(C[C@@H](O)[C@H](Cc1ccc(OCCCC(F)(F)F)cc1)NC(=O)OC1COC2OCCC12)S(=O)(=O)c1ccc2c(c1)OCCO2. The van der Waals surface area contributed by atoms with E-state index in [1.165, 1.54) is 22.5 Å². The molecule has 2 fully saturated rings. The lowest BCUT2D eigenvalue weighted by molar-refractivity contribution is -0.136. The number of rotatable bonds is 15. The van der Waals surface area contributed by atoms with Crippen LogP contribution in [0.4, 0.5) is 18.0 Å². The van der Waals surface area contributed by atoms with Crippen LogP contribution in [0.5, 0.6) is 17.2 Å². The average Bonchev–Trinajstić information content (AvgIpc) is 3.67. The largest absolute Gasteiger partial charge is 0.494 e. The van der Waals surface area contributed by atoms with Gasteiger partial charge in [-0.25, -0.2) is 13.2 Å². The number of sulfonamides is 1. The molecule has 12 nitrogen and oxygen atoms in total. The summed E-state index contributed by atoms with van der Waals surface area (Å²) in [6.07, 6.45) is -7.85. The van der Waals surface area contributed by atoms with Gasteiger partial charge in [-0.05, 0) is 55.0 Å². The number of aliphatic hydroxyl groups is 1. The van der Waals surface area contributed by atoms with Crippen LogP contribution in [0.2, 0.25) is 0 Å². The Kier molecular flexibility index (Phi) is 12.2. The number of aliphatic hydroxyl groups excluding tert-OH is 1. The molecular weight excluding hydrogens is 673 g/mol. The number of hydrogen-bond acceptors (Lipinski definition) is 10. The molecule has 3 unspecified atom stereocenters. The number of nitrogens with zero attached hydrogens (tertiary/aromatic N) is 1. The molecule has 0 aromatic heterocycles. The summed E-state index contributed by atoms with van der Waals surface area (Å²) < 4.78 is 99.7. The molecule has 2 aromatic rings. The van der Waals surface area contributed by atoms with Crippen molar-refractivity contribution in [2.45, 2.75) is 75.1 Å². The van der Waals surface area contributed by atoms with Crippen molar-refractivity contribution < 1.29 is 59.9 Å². The fraction of sp³-hybridized carbons (Fsp3) is 0.606. The number of hydrogen-bond donors (Lipinski definition) is 2. The van der Waals surface area contributed by atoms with Gasteiger partial charge in [-0.2, -0.15) is 17.5 Å². The minimum atomic E-state index is -4.26. The van der Waals surface area contributed by atoms with Crippen molar-refractivity contribution in [3.05, 3.63) is 48.0 Å². The van der Waals surface area contributed by atoms with Gasteiger partial charge in [0.15, 0.2) is 17.8 Å². The molecule has 0 spiro atoms. The summed E-state index contributed by atoms with van der Waals surface area (Å²) in [6, 6.07) is 9.83. The molecule has 3 aliphatic heterocycles. The molecule has 272 valence electrons. The number of carbonyl (C=O) groups is 1. The summed E-state index contributed by atoms with van der Waals surface area (Å²) in [5.74, 6) is 0.875. The number of alkyl halides is 3. The number of ether oxygens (including phenoxy) is 6. The number of halogens is 3. The highest BCUT2D eigenvalue weighted by Gasteiger charge is 2.44. The van der Waals surface area contributed by atoms with E-state index >= 15 is 0 Å². The number of benzene rings is 2. The van der Waals surface area contributed by atoms with E-state index in [2.05, 4.69) is 5.32 Å². The van der Waals surface area contributed by atoms with Crippen LogP contribution >= 0.6 is 0 Å². The van der Waals surface area contributed by atoms with E-state index in [0.29, 0.717) is 42.4 Å². The van der Waals surface area contributed by atoms with Crippen molar-refractivity contribution in [3.8, 4) is 17.2 Å². The van der Waals surface area contributed by atoms with Crippen molar-refractivity contribution >= 4 is 16.1 Å². The summed E-state index contributed by atoms with van der Waals surface area (Å²) in [4.78, 5) is 13.2. The molecular formula is C33H43F3N2O10S. The van der Waals surface area contributed by atoms with Gasteiger partial charge in [-0.1, -0.05) is 26.0 Å². The molecule has 49 heavy (non-hydrogen) atoms. The second-order valence-corrected chi connectivity index (χ2v) is 14.7. The van der Waals surface area contributed by atoms with Gasteiger partial charge in [-0.15, -0.1) is 0 Å². The van der Waals surface area contributed by atoms with Crippen LogP contribution in [-0.2, 0) is 30.7 Å². The molecule has 2 aromatic carbocycles. The van der Waals surface area contributed by atoms with Crippen LogP contribution < -0.4 is 19.5 Å². The average molecular weight is 717 g/mol. The van der Waals surface area contributed by atoms with E-state index in [4.69, 9.17) is 28.4 Å². The zero-order valence-electron chi connectivity index (χ0n) is 27.4. The number of amides is 1. The Labute approximate surface area is 283 Å². The molecule has 0 radical (unpaired) electrons. The summed E-state index contributed by atoms with van der Waals surface area (Å²) in [5, 5.41) is 14.3. The van der Waals surface area contributed by atoms with Gasteiger partial charge in [0, 0.05) is 25.6 Å². The Bertz CT molecular complexity index is 1510. The van der Waals surface area contributed by atoms with Gasteiger partial charge >= 0.3 is 12.3 Å². The zero-order chi connectivity index (χ0) is 35.2. The Hall–Kier alpha value is -3.31. The first-order chi connectivity index (χ1) is 23.3. The standard InChI is InChI=1S/C33H43F3N2O10S/c1-21(2)18-38(49(41,42)24-8-9-28-29(17-24)45-15-14-44-28)19-27(39)26(37-32(40)48-30-20-47-31-25(30)10-13-46-31)16-22-4-6-23(7-5-22)43-12-3-11-33(34,35)36/h4-9,17,21,25-27,30-31,39H,3,10-16,18-20H2,1-2H3,(H,37,40)/t25?,26-,27+,30?,31?/m0/s1. The van der Waals surface area contributed by atoms with E-state index in [0.717, 1.165) is 0 Å². The maximum atomic E-state index is 13.9. The smallest absolute Gasteiger partial charge is 0.407 e. The third-order valence-corrected chi connectivity index (χ3v) is 10.2. The van der Waals surface area contributed by atoms with Gasteiger partial charge in [-0.3, -0.25) is 0 Å². The highest BCUT2D eigenvalue weighted by molar-refractivity contribution is 7.89. The van der Waals surface area contributed by atoms with Crippen molar-refractivity contribution in [2.24, 2.45) is 11.8 Å². The van der Waals surface area contributed by atoms with Gasteiger partial charge in [0.05, 0.1) is 42.8 Å². The van der Waals surface area contributed by atoms with Crippen LogP contribution in [-0.4, -0.2) is 101 Å². The second-order valence-electron chi connectivity index (χ2n) is 12.7. The maximum Gasteiger partial charge on any atom is 0.407 e. The molecule has 0 bridgehead atoms. The van der Waals surface area contributed by atoms with Crippen LogP contribution in [0.3, 0.4) is 0 Å². The van der Waals surface area contributed by atoms with Crippen LogP contribution in [0.1, 0.15) is 38.7 Å². The van der Waals surface area contributed by atoms with Crippen molar-refractivity contribution in [1.82, 2.24) is 9.62 Å². The topological polar surface area (TPSA) is 142 Å². The fourth-order valence-electron chi connectivity index (χ4n) is 5.94. The lowest BCUT2D eigenvalue weighted by atomic mass is 10.0. The van der Waals surface area contributed by atoms with Crippen molar-refractivity contribution in [1.29, 1.82) is 0 Å². The molecule has 3 heterocycles. The fourth-order valence-corrected chi connectivity index (χ4v) is 7.58. The molecule has 0 aliphatic carbocycles. The summed E-state index contributed by atoms with van der Waals surface area (Å²) in [7, 11) is -4.14. The van der Waals surface area contributed by atoms with Crippen molar-refractivity contribution in [3.63, 3.8) is 0 Å². The van der Waals surface area contributed by atoms with E-state index in [1.807, 2.05) is 13.8 Å². The van der Waals surface area contributed by atoms with E-state index in [9.17, 15) is 31.5 Å². The number of carbonyl (C=O) groups excluding carboxylic acids is 1. The van der Waals surface area contributed by atoms with Gasteiger partial charge < -0.3 is 38.8 Å². The lowest BCUT2D eigenvalue weighted by Crippen LogP contribution is -2.51. The van der Waals surface area contributed by atoms with E-state index in [1.54, 1.807) is 24.3 Å². The molecule has 1 amide bonds.